The molecule has 14 nitrogen and oxygen atoms in total. The highest BCUT2D eigenvalue weighted by atomic mass is 16.6. The van der Waals surface area contributed by atoms with Crippen LogP contribution < -0.4 is 10.1 Å². The van der Waals surface area contributed by atoms with Crippen molar-refractivity contribution in [2.24, 2.45) is 0 Å². The van der Waals surface area contributed by atoms with E-state index < -0.39 is 35.3 Å². The second-order valence-corrected chi connectivity index (χ2v) is 11.5. The van der Waals surface area contributed by atoms with Crippen LogP contribution in [0.3, 0.4) is 0 Å². The first kappa shape index (κ1) is 33.3. The van der Waals surface area contributed by atoms with Gasteiger partial charge in [0, 0.05) is 19.6 Å². The highest BCUT2D eigenvalue weighted by molar-refractivity contribution is 6.23. The molecule has 0 saturated carbocycles. The van der Waals surface area contributed by atoms with Crippen molar-refractivity contribution in [1.82, 2.24) is 15.1 Å². The fourth-order valence-electron chi connectivity index (χ4n) is 4.90. The van der Waals surface area contributed by atoms with E-state index in [-0.39, 0.29) is 49.4 Å². The molecule has 3 heterocycles. The van der Waals surface area contributed by atoms with E-state index in [1.165, 1.54) is 12.1 Å². The third-order valence-corrected chi connectivity index (χ3v) is 7.03. The number of carbonyl (C=O) groups is 5. The number of amides is 5. The normalized spacial score (nSPS) is 20.5. The zero-order chi connectivity index (χ0) is 31.7. The van der Waals surface area contributed by atoms with E-state index in [1.54, 1.807) is 11.0 Å². The highest BCUT2D eigenvalue weighted by Crippen LogP contribution is 2.30. The molecule has 0 aliphatic carbocycles. The second-order valence-electron chi connectivity index (χ2n) is 11.5. The fraction of sp³-hybridized carbons (Fsp3) is 0.633. The van der Waals surface area contributed by atoms with E-state index in [0.717, 1.165) is 4.90 Å². The van der Waals surface area contributed by atoms with Gasteiger partial charge in [-0.3, -0.25) is 29.4 Å². The van der Waals surface area contributed by atoms with Crippen LogP contribution in [0.5, 0.6) is 5.75 Å². The number of piperidine rings is 1. The molecule has 5 amide bonds. The van der Waals surface area contributed by atoms with Gasteiger partial charge in [-0.2, -0.15) is 0 Å². The van der Waals surface area contributed by atoms with Crippen molar-refractivity contribution in [3.8, 4) is 5.75 Å². The predicted octanol–water partition coefficient (Wildman–Crippen LogP) is 1.54. The summed E-state index contributed by atoms with van der Waals surface area (Å²) in [6.07, 6.45) is 0.397. The van der Waals surface area contributed by atoms with Crippen LogP contribution in [0.4, 0.5) is 4.79 Å². The Hall–Kier alpha value is -3.59. The number of rotatable bonds is 14. The molecule has 0 radical (unpaired) electrons. The summed E-state index contributed by atoms with van der Waals surface area (Å²) in [5, 5.41) is 2.17. The number of nitrogens with zero attached hydrogens (tertiary/aromatic N) is 2. The first-order valence-corrected chi connectivity index (χ1v) is 14.8. The molecule has 2 saturated heterocycles. The molecule has 242 valence electrons. The van der Waals surface area contributed by atoms with Crippen molar-refractivity contribution in [3.63, 3.8) is 0 Å². The Morgan fingerprint density at radius 3 is 2.27 bits per heavy atom. The number of imide groups is 2. The maximum Gasteiger partial charge on any atom is 0.410 e. The second kappa shape index (κ2) is 15.4. The van der Waals surface area contributed by atoms with Gasteiger partial charge in [0.05, 0.1) is 63.4 Å². The molecule has 1 N–H and O–H groups in total. The van der Waals surface area contributed by atoms with Crippen molar-refractivity contribution < 1.29 is 52.4 Å². The smallest absolute Gasteiger partial charge is 0.410 e. The first-order valence-electron chi connectivity index (χ1n) is 14.8. The van der Waals surface area contributed by atoms with E-state index in [2.05, 4.69) is 5.32 Å². The van der Waals surface area contributed by atoms with Gasteiger partial charge in [-0.05, 0) is 51.8 Å². The van der Waals surface area contributed by atoms with Gasteiger partial charge in [0.1, 0.15) is 24.0 Å². The number of carbonyl (C=O) groups excluding carboxylic acids is 5. The minimum Gasteiger partial charge on any atom is -0.491 e. The van der Waals surface area contributed by atoms with Crippen LogP contribution in [0, 0.1) is 0 Å². The Balaban J connectivity index is 1.03. The predicted molar refractivity (Wildman–Crippen MR) is 153 cm³/mol. The summed E-state index contributed by atoms with van der Waals surface area (Å²) in [7, 11) is 0. The Labute approximate surface area is 256 Å². The molecule has 2 atom stereocenters. The summed E-state index contributed by atoms with van der Waals surface area (Å²) < 4.78 is 33.5. The van der Waals surface area contributed by atoms with Crippen LogP contribution in [0.15, 0.2) is 18.2 Å². The summed E-state index contributed by atoms with van der Waals surface area (Å²) in [5.74, 6) is -1.84. The molecule has 4 rings (SSSR count). The van der Waals surface area contributed by atoms with Crippen LogP contribution in [0.1, 0.15) is 60.7 Å². The monoisotopic (exact) mass is 619 g/mol. The SMILES string of the molecule is CC(C)(C)OC(=O)N1CCOC(CCOCCOCCOCCOc2ccc3c(c2)C(=O)N(C2CCC(=O)NC2=O)C3=O)C1. The average molecular weight is 620 g/mol. The Kier molecular flexibility index (Phi) is 11.7. The highest BCUT2D eigenvalue weighted by Gasteiger charge is 2.44. The maximum atomic E-state index is 12.9. The van der Waals surface area contributed by atoms with Crippen LogP contribution >= 0.6 is 0 Å². The number of ether oxygens (including phenoxy) is 6. The first-order chi connectivity index (χ1) is 21.0. The number of hydrogen-bond donors (Lipinski definition) is 1. The lowest BCUT2D eigenvalue weighted by Crippen LogP contribution is -2.54. The molecule has 0 aromatic heterocycles. The van der Waals surface area contributed by atoms with Gasteiger partial charge in [-0.15, -0.1) is 0 Å². The standard InChI is InChI=1S/C30H41N3O11/c1-30(2,3)44-29(38)32-9-11-42-21(19-32)8-10-39-12-13-40-14-15-41-16-17-43-20-4-5-22-23(18-20)28(37)33(27(22)36)24-6-7-25(34)31-26(24)35/h4-5,18,21,24H,6-17,19H2,1-3H3,(H,31,34,35). The zero-order valence-corrected chi connectivity index (χ0v) is 25.5. The quantitative estimate of drug-likeness (QED) is 0.238. The van der Waals surface area contributed by atoms with Crippen LogP contribution in [-0.4, -0.2) is 123 Å². The van der Waals surface area contributed by atoms with E-state index in [9.17, 15) is 24.0 Å². The number of fused-ring (bicyclic) bond motifs is 1. The van der Waals surface area contributed by atoms with Gasteiger partial charge >= 0.3 is 6.09 Å². The van der Waals surface area contributed by atoms with Crippen molar-refractivity contribution in [3.05, 3.63) is 29.3 Å². The number of hydrogen-bond acceptors (Lipinski definition) is 11. The third-order valence-electron chi connectivity index (χ3n) is 7.03. The summed E-state index contributed by atoms with van der Waals surface area (Å²) in [6.45, 7) is 9.55. The molecule has 2 fully saturated rings. The Bertz CT molecular complexity index is 1220. The Morgan fingerprint density at radius 2 is 1.59 bits per heavy atom. The molecule has 0 bridgehead atoms. The van der Waals surface area contributed by atoms with Gasteiger partial charge < -0.3 is 33.3 Å². The van der Waals surface area contributed by atoms with Gasteiger partial charge in [0.15, 0.2) is 0 Å². The van der Waals surface area contributed by atoms with E-state index in [1.807, 2.05) is 20.8 Å². The lowest BCUT2D eigenvalue weighted by molar-refractivity contribution is -0.136. The minimum absolute atomic E-state index is 0.0617. The summed E-state index contributed by atoms with van der Waals surface area (Å²) in [4.78, 5) is 64.1. The molecule has 1 aromatic rings. The van der Waals surface area contributed by atoms with Crippen LogP contribution in [0.2, 0.25) is 0 Å². The van der Waals surface area contributed by atoms with Crippen LogP contribution in [0.25, 0.3) is 0 Å². The molecule has 0 spiro atoms. The largest absolute Gasteiger partial charge is 0.491 e. The van der Waals surface area contributed by atoms with Gasteiger partial charge in [0.2, 0.25) is 11.8 Å². The van der Waals surface area contributed by atoms with Gasteiger partial charge in [-0.25, -0.2) is 4.79 Å². The van der Waals surface area contributed by atoms with Crippen molar-refractivity contribution in [2.45, 2.75) is 57.8 Å². The molecule has 1 aromatic carbocycles. The topological polar surface area (TPSA) is 159 Å². The van der Waals surface area contributed by atoms with E-state index >= 15 is 0 Å². The van der Waals surface area contributed by atoms with Gasteiger partial charge in [-0.1, -0.05) is 0 Å². The lowest BCUT2D eigenvalue weighted by Gasteiger charge is -2.34. The minimum atomic E-state index is -1.01. The average Bonchev–Trinajstić information content (AvgIpc) is 3.21. The van der Waals surface area contributed by atoms with E-state index in [0.29, 0.717) is 64.9 Å². The summed E-state index contributed by atoms with van der Waals surface area (Å²) >= 11 is 0. The number of benzene rings is 1. The number of nitrogens with one attached hydrogen (secondary N) is 1. The fourth-order valence-corrected chi connectivity index (χ4v) is 4.90. The molecule has 3 aliphatic heterocycles. The molecular formula is C30H41N3O11. The van der Waals surface area contributed by atoms with Crippen molar-refractivity contribution in [2.75, 3.05) is 65.9 Å². The van der Waals surface area contributed by atoms with Gasteiger partial charge in [0.25, 0.3) is 11.8 Å². The maximum absolute atomic E-state index is 12.9. The summed E-state index contributed by atoms with van der Waals surface area (Å²) in [6, 6.07) is 3.54. The molecule has 2 unspecified atom stereocenters. The van der Waals surface area contributed by atoms with Crippen molar-refractivity contribution in [1.29, 1.82) is 0 Å². The zero-order valence-electron chi connectivity index (χ0n) is 25.5. The summed E-state index contributed by atoms with van der Waals surface area (Å²) in [5.41, 5.74) is -0.187. The molecule has 14 heteroatoms. The molecular weight excluding hydrogens is 578 g/mol. The third kappa shape index (κ3) is 9.21. The van der Waals surface area contributed by atoms with Crippen LogP contribution in [-0.2, 0) is 33.3 Å². The number of morpholine rings is 1. The molecule has 44 heavy (non-hydrogen) atoms. The lowest BCUT2D eigenvalue weighted by atomic mass is 10.0. The molecule has 3 aliphatic rings. The van der Waals surface area contributed by atoms with E-state index in [4.69, 9.17) is 28.4 Å². The van der Waals surface area contributed by atoms with Crippen molar-refractivity contribution >= 4 is 29.7 Å². The Morgan fingerprint density at radius 1 is 0.932 bits per heavy atom.